The molecule has 1 fully saturated rings. The minimum absolute atomic E-state index is 0.148. The van der Waals surface area contributed by atoms with Crippen molar-refractivity contribution >= 4 is 21.8 Å². The van der Waals surface area contributed by atoms with E-state index in [1.807, 2.05) is 30.3 Å². The minimum atomic E-state index is 0.148. The van der Waals surface area contributed by atoms with E-state index in [-0.39, 0.29) is 11.8 Å². The number of nitrogens with zero attached hydrogens (tertiary/aromatic N) is 1. The summed E-state index contributed by atoms with van der Waals surface area (Å²) in [6, 6.07) is 18.6. The fourth-order valence-electron chi connectivity index (χ4n) is 3.13. The third-order valence-electron chi connectivity index (χ3n) is 4.59. The predicted molar refractivity (Wildman–Crippen MR) is 100 cm³/mol. The van der Waals surface area contributed by atoms with Crippen LogP contribution in [0.1, 0.15) is 24.0 Å². The molecule has 0 spiro atoms. The zero-order valence-electron chi connectivity index (χ0n) is 13.7. The number of halogens is 1. The molecule has 1 saturated heterocycles. The van der Waals surface area contributed by atoms with Crippen LogP contribution in [-0.2, 0) is 17.9 Å². The summed E-state index contributed by atoms with van der Waals surface area (Å²) < 4.78 is 1.11. The molecule has 4 heteroatoms. The smallest absolute Gasteiger partial charge is 0.223 e. The Labute approximate surface area is 152 Å². The number of likely N-dealkylation sites (tertiary alicyclic amines) is 1. The van der Waals surface area contributed by atoms with Crippen LogP contribution in [0.2, 0.25) is 0 Å². The van der Waals surface area contributed by atoms with Gasteiger partial charge in [-0.3, -0.25) is 9.69 Å². The summed E-state index contributed by atoms with van der Waals surface area (Å²) in [6.07, 6.45) is 1.88. The van der Waals surface area contributed by atoms with Gasteiger partial charge in [0.15, 0.2) is 0 Å². The second-order valence-corrected chi connectivity index (χ2v) is 7.30. The molecule has 3 nitrogen and oxygen atoms in total. The van der Waals surface area contributed by atoms with Gasteiger partial charge in [0.2, 0.25) is 5.91 Å². The first-order valence-electron chi connectivity index (χ1n) is 8.49. The van der Waals surface area contributed by atoms with E-state index >= 15 is 0 Å². The lowest BCUT2D eigenvalue weighted by atomic mass is 9.95. The lowest BCUT2D eigenvalue weighted by Gasteiger charge is -2.31. The summed E-state index contributed by atoms with van der Waals surface area (Å²) in [7, 11) is 0. The van der Waals surface area contributed by atoms with Crippen LogP contribution in [-0.4, -0.2) is 23.9 Å². The van der Waals surface area contributed by atoms with E-state index in [4.69, 9.17) is 0 Å². The Morgan fingerprint density at radius 1 is 1.00 bits per heavy atom. The molecule has 1 aliphatic rings. The van der Waals surface area contributed by atoms with Gasteiger partial charge in [-0.2, -0.15) is 0 Å². The number of amides is 1. The molecular formula is C20H23BrN2O. The molecule has 2 aromatic carbocycles. The molecule has 3 rings (SSSR count). The topological polar surface area (TPSA) is 32.3 Å². The molecule has 0 atom stereocenters. The van der Waals surface area contributed by atoms with Crippen molar-refractivity contribution < 1.29 is 4.79 Å². The third kappa shape index (κ3) is 4.92. The Hall–Kier alpha value is -1.65. The van der Waals surface area contributed by atoms with Gasteiger partial charge in [0.05, 0.1) is 0 Å². The first kappa shape index (κ1) is 17.2. The molecule has 0 radical (unpaired) electrons. The van der Waals surface area contributed by atoms with Crippen molar-refractivity contribution in [2.45, 2.75) is 25.9 Å². The summed E-state index contributed by atoms with van der Waals surface area (Å²) in [6.45, 7) is 3.56. The average molecular weight is 387 g/mol. The second-order valence-electron chi connectivity index (χ2n) is 6.38. The van der Waals surface area contributed by atoms with Gasteiger partial charge >= 0.3 is 0 Å². The van der Waals surface area contributed by atoms with Gasteiger partial charge in [0, 0.05) is 23.5 Å². The standard InChI is InChI=1S/C20H23BrN2O/c21-19-8-6-17(7-9-19)15-23-12-10-18(11-13-23)20(24)22-14-16-4-2-1-3-5-16/h1-9,18H,10-15H2,(H,22,24). The summed E-state index contributed by atoms with van der Waals surface area (Å²) in [5, 5.41) is 3.08. The van der Waals surface area contributed by atoms with Crippen LogP contribution in [0.5, 0.6) is 0 Å². The van der Waals surface area contributed by atoms with Crippen molar-refractivity contribution in [2.24, 2.45) is 5.92 Å². The van der Waals surface area contributed by atoms with Crippen LogP contribution in [0.3, 0.4) is 0 Å². The van der Waals surface area contributed by atoms with E-state index < -0.39 is 0 Å². The highest BCUT2D eigenvalue weighted by Gasteiger charge is 2.24. The minimum Gasteiger partial charge on any atom is -0.352 e. The number of hydrogen-bond donors (Lipinski definition) is 1. The van der Waals surface area contributed by atoms with Gasteiger partial charge in [0.1, 0.15) is 0 Å². The van der Waals surface area contributed by atoms with E-state index in [0.29, 0.717) is 6.54 Å². The number of benzene rings is 2. The number of carbonyl (C=O) groups is 1. The fourth-order valence-corrected chi connectivity index (χ4v) is 3.39. The average Bonchev–Trinajstić information content (AvgIpc) is 2.63. The van der Waals surface area contributed by atoms with Gasteiger partial charge < -0.3 is 5.32 Å². The van der Waals surface area contributed by atoms with Crippen LogP contribution in [0.15, 0.2) is 59.1 Å². The normalized spacial score (nSPS) is 16.0. The maximum atomic E-state index is 12.3. The Balaban J connectivity index is 1.42. The molecule has 24 heavy (non-hydrogen) atoms. The SMILES string of the molecule is O=C(NCc1ccccc1)C1CCN(Cc2ccc(Br)cc2)CC1. The van der Waals surface area contributed by atoms with Crippen molar-refractivity contribution in [1.29, 1.82) is 0 Å². The van der Waals surface area contributed by atoms with E-state index in [1.54, 1.807) is 0 Å². The van der Waals surface area contributed by atoms with Crippen LogP contribution in [0.25, 0.3) is 0 Å². The molecule has 0 bridgehead atoms. The summed E-state index contributed by atoms with van der Waals surface area (Å²) >= 11 is 3.47. The van der Waals surface area contributed by atoms with Crippen LogP contribution in [0, 0.1) is 5.92 Å². The Morgan fingerprint density at radius 2 is 1.67 bits per heavy atom. The zero-order valence-corrected chi connectivity index (χ0v) is 15.3. The van der Waals surface area contributed by atoms with Crippen molar-refractivity contribution in [1.82, 2.24) is 10.2 Å². The molecule has 0 aliphatic carbocycles. The number of piperidine rings is 1. The highest BCUT2D eigenvalue weighted by Crippen LogP contribution is 2.20. The molecule has 126 valence electrons. The quantitative estimate of drug-likeness (QED) is 0.842. The Kier molecular flexibility index (Phi) is 6.05. The van der Waals surface area contributed by atoms with E-state index in [1.165, 1.54) is 5.56 Å². The number of rotatable bonds is 5. The van der Waals surface area contributed by atoms with Crippen LogP contribution in [0.4, 0.5) is 0 Å². The number of hydrogen-bond acceptors (Lipinski definition) is 2. The highest BCUT2D eigenvalue weighted by molar-refractivity contribution is 9.10. The lowest BCUT2D eigenvalue weighted by Crippen LogP contribution is -2.40. The molecule has 2 aromatic rings. The monoisotopic (exact) mass is 386 g/mol. The molecule has 1 N–H and O–H groups in total. The van der Waals surface area contributed by atoms with Crippen molar-refractivity contribution in [3.05, 3.63) is 70.2 Å². The molecule has 1 amide bonds. The zero-order chi connectivity index (χ0) is 16.8. The molecule has 0 aromatic heterocycles. The molecule has 0 unspecified atom stereocenters. The lowest BCUT2D eigenvalue weighted by molar-refractivity contribution is -0.126. The van der Waals surface area contributed by atoms with Gasteiger partial charge in [-0.1, -0.05) is 58.4 Å². The summed E-state index contributed by atoms with van der Waals surface area (Å²) in [5.74, 6) is 0.344. The van der Waals surface area contributed by atoms with Gasteiger partial charge in [-0.25, -0.2) is 0 Å². The second kappa shape index (κ2) is 8.45. The fraction of sp³-hybridized carbons (Fsp3) is 0.350. The van der Waals surface area contributed by atoms with E-state index in [0.717, 1.165) is 42.5 Å². The first-order chi connectivity index (χ1) is 11.7. The number of carbonyl (C=O) groups excluding carboxylic acids is 1. The highest BCUT2D eigenvalue weighted by atomic mass is 79.9. The molecule has 1 aliphatic heterocycles. The summed E-state index contributed by atoms with van der Waals surface area (Å²) in [4.78, 5) is 14.8. The number of nitrogens with one attached hydrogen (secondary N) is 1. The van der Waals surface area contributed by atoms with Gasteiger partial charge in [0.25, 0.3) is 0 Å². The maximum absolute atomic E-state index is 12.3. The van der Waals surface area contributed by atoms with Gasteiger partial charge in [-0.15, -0.1) is 0 Å². The maximum Gasteiger partial charge on any atom is 0.223 e. The van der Waals surface area contributed by atoms with E-state index in [2.05, 4.69) is 50.4 Å². The van der Waals surface area contributed by atoms with Crippen LogP contribution < -0.4 is 5.32 Å². The van der Waals surface area contributed by atoms with E-state index in [9.17, 15) is 4.79 Å². The molecule has 0 saturated carbocycles. The third-order valence-corrected chi connectivity index (χ3v) is 5.12. The van der Waals surface area contributed by atoms with Crippen LogP contribution >= 0.6 is 15.9 Å². The predicted octanol–water partition coefficient (Wildman–Crippen LogP) is 3.98. The van der Waals surface area contributed by atoms with Crippen molar-refractivity contribution in [2.75, 3.05) is 13.1 Å². The first-order valence-corrected chi connectivity index (χ1v) is 9.28. The molecule has 1 heterocycles. The van der Waals surface area contributed by atoms with Gasteiger partial charge in [-0.05, 0) is 49.2 Å². The Bertz CT molecular complexity index is 649. The molecular weight excluding hydrogens is 364 g/mol. The van der Waals surface area contributed by atoms with Crippen molar-refractivity contribution in [3.8, 4) is 0 Å². The Morgan fingerprint density at radius 3 is 2.33 bits per heavy atom. The summed E-state index contributed by atoms with van der Waals surface area (Å²) in [5.41, 5.74) is 2.48. The largest absolute Gasteiger partial charge is 0.352 e. The van der Waals surface area contributed by atoms with Crippen molar-refractivity contribution in [3.63, 3.8) is 0 Å².